The molecule has 0 fully saturated rings. The van der Waals surface area contributed by atoms with Crippen LogP contribution in [0, 0.1) is 11.8 Å². The fourth-order valence-electron chi connectivity index (χ4n) is 3.21. The van der Waals surface area contributed by atoms with E-state index in [1.165, 1.54) is 6.33 Å². The third-order valence-electron chi connectivity index (χ3n) is 4.49. The van der Waals surface area contributed by atoms with Crippen LogP contribution in [0.3, 0.4) is 0 Å². The number of H-pyrrole nitrogens is 1. The summed E-state index contributed by atoms with van der Waals surface area (Å²) in [5.74, 6) is -2.31. The number of ether oxygens (including phenoxy) is 2. The van der Waals surface area contributed by atoms with Gasteiger partial charge in [-0.3, -0.25) is 9.59 Å². The molecule has 1 aromatic rings. The molecule has 0 saturated heterocycles. The predicted molar refractivity (Wildman–Crippen MR) is 132 cm³/mol. The number of carbonyl (C=O) groups is 4. The van der Waals surface area contributed by atoms with Gasteiger partial charge < -0.3 is 25.1 Å². The first kappa shape index (κ1) is 30.1. The lowest BCUT2D eigenvalue weighted by Gasteiger charge is -2.26. The van der Waals surface area contributed by atoms with Crippen molar-refractivity contribution >= 4 is 23.8 Å². The summed E-state index contributed by atoms with van der Waals surface area (Å²) in [7, 11) is 0. The van der Waals surface area contributed by atoms with Crippen LogP contribution in [0.1, 0.15) is 103 Å². The second-order valence-electron chi connectivity index (χ2n) is 11.5. The molecule has 1 heterocycles. The standard InChI is InChI=1S/C25H42N4O6/c1-14(2)11-16(22(32)34-24(5,6)7)28-20(30)18-19(27-13-26-18)21(31)29-17(12-15(3)4)23(33)35-25(8,9)10/h13-17H,11-12H2,1-10H3,(H,26,27)(H,28,30)(H,29,31). The molecule has 0 aliphatic carbocycles. The molecule has 0 aliphatic rings. The van der Waals surface area contributed by atoms with E-state index in [4.69, 9.17) is 9.47 Å². The molecule has 3 N–H and O–H groups in total. The number of amides is 2. The average molecular weight is 495 g/mol. The van der Waals surface area contributed by atoms with Crippen LogP contribution in [-0.2, 0) is 19.1 Å². The minimum atomic E-state index is -0.912. The lowest BCUT2D eigenvalue weighted by Crippen LogP contribution is -2.47. The van der Waals surface area contributed by atoms with Crippen LogP contribution >= 0.6 is 0 Å². The van der Waals surface area contributed by atoms with Crippen molar-refractivity contribution in [3.05, 3.63) is 17.7 Å². The van der Waals surface area contributed by atoms with E-state index in [0.29, 0.717) is 12.8 Å². The minimum absolute atomic E-state index is 0.0976. The number of nitrogens with zero attached hydrogens (tertiary/aromatic N) is 1. The fraction of sp³-hybridized carbons (Fsp3) is 0.720. The van der Waals surface area contributed by atoms with E-state index < -0.39 is 47.0 Å². The Morgan fingerprint density at radius 2 is 1.20 bits per heavy atom. The molecule has 0 saturated carbocycles. The van der Waals surface area contributed by atoms with Gasteiger partial charge in [0, 0.05) is 0 Å². The molecule has 198 valence electrons. The van der Waals surface area contributed by atoms with E-state index in [9.17, 15) is 19.2 Å². The van der Waals surface area contributed by atoms with Gasteiger partial charge in [-0.15, -0.1) is 0 Å². The highest BCUT2D eigenvalue weighted by molar-refractivity contribution is 6.06. The molecule has 0 radical (unpaired) electrons. The first-order valence-electron chi connectivity index (χ1n) is 12.0. The SMILES string of the molecule is CC(C)CC(NC(=O)c1nc[nH]c1C(=O)NC(CC(C)C)C(=O)OC(C)(C)C)C(=O)OC(C)(C)C. The third-order valence-corrected chi connectivity index (χ3v) is 4.49. The van der Waals surface area contributed by atoms with Gasteiger partial charge in [-0.2, -0.15) is 0 Å². The Balaban J connectivity index is 3.08. The minimum Gasteiger partial charge on any atom is -0.458 e. The number of imidazole rings is 1. The topological polar surface area (TPSA) is 139 Å². The summed E-state index contributed by atoms with van der Waals surface area (Å²) < 4.78 is 10.9. The van der Waals surface area contributed by atoms with Crippen molar-refractivity contribution in [2.75, 3.05) is 0 Å². The molecule has 2 amide bonds. The third kappa shape index (κ3) is 10.9. The number of hydrogen-bond donors (Lipinski definition) is 3. The van der Waals surface area contributed by atoms with Crippen LogP contribution in [0.25, 0.3) is 0 Å². The normalized spacial score (nSPS) is 13.8. The first-order valence-corrected chi connectivity index (χ1v) is 12.0. The van der Waals surface area contributed by atoms with Gasteiger partial charge >= 0.3 is 11.9 Å². The lowest BCUT2D eigenvalue weighted by molar-refractivity contribution is -0.158. The lowest BCUT2D eigenvalue weighted by atomic mass is 10.0. The predicted octanol–water partition coefficient (Wildman–Crippen LogP) is 3.38. The number of hydrogen-bond acceptors (Lipinski definition) is 7. The molecule has 0 bridgehead atoms. The molecule has 2 atom stereocenters. The molecule has 10 nitrogen and oxygen atoms in total. The van der Waals surface area contributed by atoms with Gasteiger partial charge in [-0.25, -0.2) is 14.6 Å². The zero-order valence-corrected chi connectivity index (χ0v) is 22.7. The van der Waals surface area contributed by atoms with E-state index in [2.05, 4.69) is 20.6 Å². The van der Waals surface area contributed by atoms with Crippen molar-refractivity contribution in [1.82, 2.24) is 20.6 Å². The smallest absolute Gasteiger partial charge is 0.329 e. The van der Waals surface area contributed by atoms with Crippen molar-refractivity contribution < 1.29 is 28.7 Å². The number of esters is 2. The van der Waals surface area contributed by atoms with Crippen LogP contribution < -0.4 is 10.6 Å². The maximum atomic E-state index is 13.0. The summed E-state index contributed by atoms with van der Waals surface area (Å²) >= 11 is 0. The number of rotatable bonds is 10. The molecule has 2 unspecified atom stereocenters. The van der Waals surface area contributed by atoms with Crippen LogP contribution in [0.4, 0.5) is 0 Å². The molecule has 10 heteroatoms. The average Bonchev–Trinajstić information content (AvgIpc) is 3.13. The molecule has 0 aliphatic heterocycles. The maximum Gasteiger partial charge on any atom is 0.329 e. The molecular weight excluding hydrogens is 452 g/mol. The van der Waals surface area contributed by atoms with E-state index in [1.807, 2.05) is 27.7 Å². The molecule has 0 aromatic carbocycles. The maximum absolute atomic E-state index is 13.0. The second-order valence-corrected chi connectivity index (χ2v) is 11.5. The van der Waals surface area contributed by atoms with Crippen molar-refractivity contribution in [3.63, 3.8) is 0 Å². The van der Waals surface area contributed by atoms with Gasteiger partial charge in [0.25, 0.3) is 11.8 Å². The Kier molecular flexibility index (Phi) is 10.5. The molecule has 35 heavy (non-hydrogen) atoms. The monoisotopic (exact) mass is 494 g/mol. The highest BCUT2D eigenvalue weighted by Crippen LogP contribution is 2.16. The Labute approximate surface area is 208 Å². The van der Waals surface area contributed by atoms with Crippen LogP contribution in [-0.4, -0.2) is 57.0 Å². The molecule has 1 aromatic heterocycles. The van der Waals surface area contributed by atoms with Crippen LogP contribution in [0.5, 0.6) is 0 Å². The number of aromatic amines is 1. The first-order chi connectivity index (χ1) is 15.9. The van der Waals surface area contributed by atoms with E-state index in [-0.39, 0.29) is 23.2 Å². The van der Waals surface area contributed by atoms with E-state index >= 15 is 0 Å². The zero-order valence-electron chi connectivity index (χ0n) is 22.7. The van der Waals surface area contributed by atoms with Crippen LogP contribution in [0.2, 0.25) is 0 Å². The van der Waals surface area contributed by atoms with Crippen molar-refractivity contribution in [3.8, 4) is 0 Å². The fourth-order valence-corrected chi connectivity index (χ4v) is 3.21. The Bertz CT molecular complexity index is 822. The molecule has 1 rings (SSSR count). The summed E-state index contributed by atoms with van der Waals surface area (Å²) in [4.78, 5) is 58.0. The number of nitrogens with one attached hydrogen (secondary N) is 3. The Morgan fingerprint density at radius 1 is 0.800 bits per heavy atom. The van der Waals surface area contributed by atoms with Crippen molar-refractivity contribution in [2.24, 2.45) is 11.8 Å². The van der Waals surface area contributed by atoms with Gasteiger partial charge in [0.05, 0.1) is 6.33 Å². The highest BCUT2D eigenvalue weighted by atomic mass is 16.6. The van der Waals surface area contributed by atoms with E-state index in [0.717, 1.165) is 0 Å². The van der Waals surface area contributed by atoms with Gasteiger partial charge in [-0.1, -0.05) is 27.7 Å². The van der Waals surface area contributed by atoms with Gasteiger partial charge in [0.15, 0.2) is 5.69 Å². The molecular formula is C25H42N4O6. The molecule has 0 spiro atoms. The highest BCUT2D eigenvalue weighted by Gasteiger charge is 2.32. The van der Waals surface area contributed by atoms with Crippen molar-refractivity contribution in [1.29, 1.82) is 0 Å². The largest absolute Gasteiger partial charge is 0.458 e. The van der Waals surface area contributed by atoms with Gasteiger partial charge in [-0.05, 0) is 66.2 Å². The van der Waals surface area contributed by atoms with Gasteiger partial charge in [0.1, 0.15) is 29.0 Å². The van der Waals surface area contributed by atoms with E-state index in [1.54, 1.807) is 41.5 Å². The summed E-state index contributed by atoms with van der Waals surface area (Å²) in [5.41, 5.74) is -1.75. The summed E-state index contributed by atoms with van der Waals surface area (Å²) in [6.07, 6.45) is 1.91. The second kappa shape index (κ2) is 12.2. The van der Waals surface area contributed by atoms with Crippen molar-refractivity contribution in [2.45, 2.75) is 105 Å². The summed E-state index contributed by atoms with van der Waals surface area (Å²) in [6.45, 7) is 18.1. The zero-order chi connectivity index (χ0) is 27.1. The Morgan fingerprint density at radius 3 is 1.57 bits per heavy atom. The van der Waals surface area contributed by atoms with Crippen LogP contribution in [0.15, 0.2) is 6.33 Å². The Hall–Kier alpha value is -2.91. The quantitative estimate of drug-likeness (QED) is 0.424. The number of carbonyl (C=O) groups excluding carboxylic acids is 4. The summed E-state index contributed by atoms with van der Waals surface area (Å²) in [6, 6.07) is -1.82. The summed E-state index contributed by atoms with van der Waals surface area (Å²) in [5, 5.41) is 5.29. The van der Waals surface area contributed by atoms with Gasteiger partial charge in [0.2, 0.25) is 0 Å². The number of aromatic nitrogens is 2.